The van der Waals surface area contributed by atoms with Gasteiger partial charge >= 0.3 is 0 Å². The fourth-order valence-electron chi connectivity index (χ4n) is 4.84. The van der Waals surface area contributed by atoms with Gasteiger partial charge < -0.3 is 0 Å². The monoisotopic (exact) mass is 432 g/mol. The number of hydrogen-bond acceptors (Lipinski definition) is 0. The van der Waals surface area contributed by atoms with Crippen molar-refractivity contribution in [3.63, 3.8) is 0 Å². The van der Waals surface area contributed by atoms with Crippen molar-refractivity contribution in [2.45, 2.75) is 57.8 Å². The van der Waals surface area contributed by atoms with Crippen LogP contribution in [0.25, 0.3) is 21.9 Å². The molecule has 0 heterocycles. The zero-order valence-electron chi connectivity index (χ0n) is 17.5. The lowest BCUT2D eigenvalue weighted by Gasteiger charge is -2.29. The minimum Gasteiger partial charge on any atom is -0.206 e. The van der Waals surface area contributed by atoms with Gasteiger partial charge in [0, 0.05) is 5.39 Å². The first-order chi connectivity index (χ1) is 14.9. The number of rotatable bonds is 5. The maximum atomic E-state index is 15.0. The van der Waals surface area contributed by atoms with Crippen molar-refractivity contribution in [1.82, 2.24) is 0 Å². The van der Waals surface area contributed by atoms with E-state index in [9.17, 15) is 22.0 Å². The van der Waals surface area contributed by atoms with Gasteiger partial charge in [-0.15, -0.1) is 0 Å². The Morgan fingerprint density at radius 1 is 0.774 bits per heavy atom. The third-order valence-corrected chi connectivity index (χ3v) is 6.61. The van der Waals surface area contributed by atoms with E-state index in [2.05, 4.69) is 6.92 Å². The Morgan fingerprint density at radius 3 is 2.10 bits per heavy atom. The number of benzene rings is 3. The molecule has 0 amide bonds. The molecule has 1 fully saturated rings. The van der Waals surface area contributed by atoms with E-state index in [1.54, 1.807) is 0 Å². The highest BCUT2D eigenvalue weighted by Gasteiger charge is 2.24. The van der Waals surface area contributed by atoms with Crippen LogP contribution >= 0.6 is 0 Å². The van der Waals surface area contributed by atoms with Gasteiger partial charge in [0.25, 0.3) is 0 Å². The van der Waals surface area contributed by atoms with Crippen LogP contribution in [0.3, 0.4) is 0 Å². The molecule has 0 aromatic heterocycles. The van der Waals surface area contributed by atoms with E-state index in [0.29, 0.717) is 11.5 Å². The van der Waals surface area contributed by atoms with E-state index in [4.69, 9.17) is 0 Å². The summed E-state index contributed by atoms with van der Waals surface area (Å²) in [6.07, 6.45) is 7.62. The molecule has 0 atom stereocenters. The molecule has 0 N–H and O–H groups in total. The fourth-order valence-corrected chi connectivity index (χ4v) is 4.84. The van der Waals surface area contributed by atoms with Crippen molar-refractivity contribution in [3.8, 4) is 11.1 Å². The van der Waals surface area contributed by atoms with Crippen LogP contribution in [0.2, 0.25) is 0 Å². The molecule has 0 aliphatic heterocycles. The Bertz CT molecular complexity index is 1070. The van der Waals surface area contributed by atoms with E-state index in [1.165, 1.54) is 49.6 Å². The second-order valence-corrected chi connectivity index (χ2v) is 8.64. The molecule has 0 spiro atoms. The summed E-state index contributed by atoms with van der Waals surface area (Å²) in [5.41, 5.74) is 0.572. The SMILES string of the molecule is CCCCC1CCC(c2cc(F)c(-c3ccc4c(F)c(F)c(F)cc4c3)c(F)c2)CC1. The minimum absolute atomic E-state index is 0.0437. The summed E-state index contributed by atoms with van der Waals surface area (Å²) in [6.45, 7) is 2.18. The van der Waals surface area contributed by atoms with Crippen LogP contribution in [-0.2, 0) is 0 Å². The lowest BCUT2D eigenvalue weighted by molar-refractivity contribution is 0.303. The average molecular weight is 432 g/mol. The highest BCUT2D eigenvalue weighted by molar-refractivity contribution is 5.88. The molecule has 1 saturated carbocycles. The van der Waals surface area contributed by atoms with E-state index >= 15 is 0 Å². The van der Waals surface area contributed by atoms with Crippen LogP contribution < -0.4 is 0 Å². The number of fused-ring (bicyclic) bond motifs is 1. The highest BCUT2D eigenvalue weighted by Crippen LogP contribution is 2.40. The van der Waals surface area contributed by atoms with Crippen molar-refractivity contribution < 1.29 is 22.0 Å². The van der Waals surface area contributed by atoms with Gasteiger partial charge in [-0.2, -0.15) is 0 Å². The third-order valence-electron chi connectivity index (χ3n) is 6.61. The molecule has 0 bridgehead atoms. The summed E-state index contributed by atoms with van der Waals surface area (Å²) in [5.74, 6) is -4.78. The molecule has 0 radical (unpaired) electrons. The molecular weight excluding hydrogens is 407 g/mol. The molecule has 3 aromatic carbocycles. The minimum atomic E-state index is -1.56. The smallest absolute Gasteiger partial charge is 0.195 e. The third kappa shape index (κ3) is 4.32. The Hall–Kier alpha value is -2.43. The topological polar surface area (TPSA) is 0 Å². The summed E-state index contributed by atoms with van der Waals surface area (Å²) >= 11 is 0. The molecule has 4 rings (SSSR count). The van der Waals surface area contributed by atoms with Crippen molar-refractivity contribution in [2.24, 2.45) is 5.92 Å². The van der Waals surface area contributed by atoms with E-state index in [1.807, 2.05) is 0 Å². The zero-order valence-corrected chi connectivity index (χ0v) is 17.5. The first kappa shape index (κ1) is 21.8. The Morgan fingerprint density at radius 2 is 1.45 bits per heavy atom. The standard InChI is InChI=1S/C26H25F5/c1-2-3-4-15-5-7-16(8-6-15)18-12-21(27)24(22(28)13-18)17-9-10-20-19(11-17)14-23(29)26(31)25(20)30/h9-16H,2-8H2,1H3. The maximum Gasteiger partial charge on any atom is 0.195 e. The quantitative estimate of drug-likeness (QED) is 0.279. The largest absolute Gasteiger partial charge is 0.206 e. The highest BCUT2D eigenvalue weighted by atomic mass is 19.2. The first-order valence-electron chi connectivity index (χ1n) is 11.0. The zero-order chi connectivity index (χ0) is 22.1. The number of halogens is 5. The molecule has 164 valence electrons. The summed E-state index contributed by atoms with van der Waals surface area (Å²) in [4.78, 5) is 0. The van der Waals surface area contributed by atoms with Gasteiger partial charge in [-0.05, 0) is 78.3 Å². The molecule has 1 aliphatic rings. The van der Waals surface area contributed by atoms with Crippen LogP contribution in [0, 0.1) is 35.0 Å². The lowest BCUT2D eigenvalue weighted by Crippen LogP contribution is -2.14. The van der Waals surface area contributed by atoms with Gasteiger partial charge in [-0.1, -0.05) is 38.3 Å². The average Bonchev–Trinajstić information content (AvgIpc) is 2.76. The molecule has 31 heavy (non-hydrogen) atoms. The molecule has 5 heteroatoms. The van der Waals surface area contributed by atoms with Gasteiger partial charge in [0.1, 0.15) is 11.6 Å². The molecule has 1 aliphatic carbocycles. The number of unbranched alkanes of at least 4 members (excludes halogenated alkanes) is 1. The second kappa shape index (κ2) is 8.97. The summed E-state index contributed by atoms with van der Waals surface area (Å²) < 4.78 is 70.9. The molecule has 0 saturated heterocycles. The second-order valence-electron chi connectivity index (χ2n) is 8.64. The molecule has 0 unspecified atom stereocenters. The van der Waals surface area contributed by atoms with Crippen LogP contribution in [0.5, 0.6) is 0 Å². The van der Waals surface area contributed by atoms with Gasteiger partial charge in [-0.25, -0.2) is 22.0 Å². The summed E-state index contributed by atoms with van der Waals surface area (Å²) in [5, 5.41) is -0.0953. The normalized spacial score (nSPS) is 19.2. The Balaban J connectivity index is 1.62. The van der Waals surface area contributed by atoms with E-state index in [0.717, 1.165) is 31.7 Å². The fraction of sp³-hybridized carbons (Fsp3) is 0.385. The van der Waals surface area contributed by atoms with E-state index < -0.39 is 29.1 Å². The molecular formula is C26H25F5. The first-order valence-corrected chi connectivity index (χ1v) is 11.0. The molecule has 3 aromatic rings. The van der Waals surface area contributed by atoms with Crippen molar-refractivity contribution in [2.75, 3.05) is 0 Å². The van der Waals surface area contributed by atoms with Crippen molar-refractivity contribution in [1.29, 1.82) is 0 Å². The van der Waals surface area contributed by atoms with Crippen LogP contribution in [0.1, 0.15) is 63.4 Å². The number of hydrogen-bond donors (Lipinski definition) is 0. The van der Waals surface area contributed by atoms with Crippen LogP contribution in [0.4, 0.5) is 22.0 Å². The van der Waals surface area contributed by atoms with Crippen LogP contribution in [0.15, 0.2) is 36.4 Å². The van der Waals surface area contributed by atoms with Crippen molar-refractivity contribution in [3.05, 3.63) is 71.0 Å². The maximum absolute atomic E-state index is 15.0. The van der Waals surface area contributed by atoms with Crippen molar-refractivity contribution >= 4 is 10.8 Å². The van der Waals surface area contributed by atoms with Gasteiger partial charge in [-0.3, -0.25) is 0 Å². The van der Waals surface area contributed by atoms with Gasteiger partial charge in [0.15, 0.2) is 17.5 Å². The van der Waals surface area contributed by atoms with Gasteiger partial charge in [0.2, 0.25) is 0 Å². The summed E-state index contributed by atoms with van der Waals surface area (Å²) in [6, 6.07) is 7.41. The summed E-state index contributed by atoms with van der Waals surface area (Å²) in [7, 11) is 0. The Labute approximate surface area is 179 Å². The predicted molar refractivity (Wildman–Crippen MR) is 113 cm³/mol. The van der Waals surface area contributed by atoms with E-state index in [-0.39, 0.29) is 27.8 Å². The Kier molecular flexibility index (Phi) is 6.31. The molecule has 0 nitrogen and oxygen atoms in total. The van der Waals surface area contributed by atoms with Gasteiger partial charge in [0.05, 0.1) is 5.56 Å². The van der Waals surface area contributed by atoms with Crippen LogP contribution in [-0.4, -0.2) is 0 Å². The lowest BCUT2D eigenvalue weighted by atomic mass is 9.77. The predicted octanol–water partition coefficient (Wildman–Crippen LogP) is 8.67.